The normalized spacial score (nSPS) is 10.4. The lowest BCUT2D eigenvalue weighted by Crippen LogP contribution is -1.91. The van der Waals surface area contributed by atoms with E-state index in [-0.39, 0.29) is 0 Å². The summed E-state index contributed by atoms with van der Waals surface area (Å²) < 4.78 is 0. The summed E-state index contributed by atoms with van der Waals surface area (Å²) in [7, 11) is 0. The molecule has 2 aromatic rings. The molecule has 0 amide bonds. The summed E-state index contributed by atoms with van der Waals surface area (Å²) in [6, 6.07) is 11.3. The van der Waals surface area contributed by atoms with Gasteiger partial charge in [0.2, 0.25) is 0 Å². The van der Waals surface area contributed by atoms with Crippen LogP contribution >= 0.6 is 11.6 Å². The third-order valence-electron chi connectivity index (χ3n) is 2.51. The van der Waals surface area contributed by atoms with Crippen LogP contribution in [0.15, 0.2) is 36.4 Å². The SMILES string of the molecule is Cc1cc(N)cc(Cl)c1-c1ccc(N)cc1. The molecule has 0 saturated carbocycles. The van der Waals surface area contributed by atoms with Gasteiger partial charge in [0.25, 0.3) is 0 Å². The van der Waals surface area contributed by atoms with E-state index in [1.54, 1.807) is 6.07 Å². The minimum absolute atomic E-state index is 0.669. The van der Waals surface area contributed by atoms with Crippen LogP contribution < -0.4 is 11.5 Å². The van der Waals surface area contributed by atoms with Gasteiger partial charge in [-0.25, -0.2) is 0 Å². The Kier molecular flexibility index (Phi) is 2.75. The summed E-state index contributed by atoms with van der Waals surface area (Å²) in [5, 5.41) is 0.669. The topological polar surface area (TPSA) is 52.0 Å². The number of nitrogen functional groups attached to an aromatic ring is 2. The van der Waals surface area contributed by atoms with Crippen molar-refractivity contribution in [3.63, 3.8) is 0 Å². The van der Waals surface area contributed by atoms with Gasteiger partial charge in [0, 0.05) is 16.9 Å². The lowest BCUT2D eigenvalue weighted by molar-refractivity contribution is 1.46. The molecule has 2 rings (SSSR count). The predicted molar refractivity (Wildman–Crippen MR) is 70.4 cm³/mol. The number of rotatable bonds is 1. The third-order valence-corrected chi connectivity index (χ3v) is 2.81. The molecule has 0 spiro atoms. The van der Waals surface area contributed by atoms with Crippen molar-refractivity contribution in [2.24, 2.45) is 0 Å². The number of hydrogen-bond acceptors (Lipinski definition) is 2. The minimum Gasteiger partial charge on any atom is -0.399 e. The van der Waals surface area contributed by atoms with Gasteiger partial charge in [-0.3, -0.25) is 0 Å². The summed E-state index contributed by atoms with van der Waals surface area (Å²) in [5.74, 6) is 0. The van der Waals surface area contributed by atoms with Gasteiger partial charge in [-0.05, 0) is 42.3 Å². The van der Waals surface area contributed by atoms with E-state index in [0.717, 1.165) is 22.4 Å². The Balaban J connectivity index is 2.60. The van der Waals surface area contributed by atoms with Crippen LogP contribution in [-0.4, -0.2) is 0 Å². The molecule has 2 aromatic carbocycles. The standard InChI is InChI=1S/C13H13ClN2/c1-8-6-11(16)7-12(14)13(8)9-2-4-10(15)5-3-9/h2-7H,15-16H2,1H3. The highest BCUT2D eigenvalue weighted by Gasteiger charge is 2.07. The van der Waals surface area contributed by atoms with E-state index in [1.807, 2.05) is 37.3 Å². The van der Waals surface area contributed by atoms with E-state index in [1.165, 1.54) is 0 Å². The van der Waals surface area contributed by atoms with Crippen molar-refractivity contribution < 1.29 is 0 Å². The van der Waals surface area contributed by atoms with Crippen LogP contribution in [-0.2, 0) is 0 Å². The average molecular weight is 233 g/mol. The van der Waals surface area contributed by atoms with E-state index in [4.69, 9.17) is 23.1 Å². The zero-order valence-electron chi connectivity index (χ0n) is 9.00. The fourth-order valence-corrected chi connectivity index (χ4v) is 2.17. The zero-order valence-corrected chi connectivity index (χ0v) is 9.75. The van der Waals surface area contributed by atoms with Crippen molar-refractivity contribution in [2.75, 3.05) is 11.5 Å². The van der Waals surface area contributed by atoms with Crippen LogP contribution in [0.2, 0.25) is 5.02 Å². The summed E-state index contributed by atoms with van der Waals surface area (Å²) in [6.45, 7) is 1.99. The number of nitrogens with two attached hydrogens (primary N) is 2. The van der Waals surface area contributed by atoms with E-state index in [9.17, 15) is 0 Å². The molecule has 0 aromatic heterocycles. The molecule has 82 valence electrons. The van der Waals surface area contributed by atoms with Crippen LogP contribution in [0.4, 0.5) is 11.4 Å². The monoisotopic (exact) mass is 232 g/mol. The molecule has 0 radical (unpaired) electrons. The number of hydrogen-bond donors (Lipinski definition) is 2. The Morgan fingerprint density at radius 3 is 2.12 bits per heavy atom. The second kappa shape index (κ2) is 4.06. The largest absolute Gasteiger partial charge is 0.399 e. The van der Waals surface area contributed by atoms with Gasteiger partial charge in [0.1, 0.15) is 0 Å². The Morgan fingerprint density at radius 1 is 0.938 bits per heavy atom. The van der Waals surface area contributed by atoms with Crippen molar-refractivity contribution >= 4 is 23.0 Å². The summed E-state index contributed by atoms with van der Waals surface area (Å²) >= 11 is 6.20. The van der Waals surface area contributed by atoms with Crippen LogP contribution in [0.5, 0.6) is 0 Å². The first-order chi connectivity index (χ1) is 7.58. The summed E-state index contributed by atoms with van der Waals surface area (Å²) in [6.07, 6.45) is 0. The fraction of sp³-hybridized carbons (Fsp3) is 0.0769. The van der Waals surface area contributed by atoms with E-state index < -0.39 is 0 Å². The lowest BCUT2D eigenvalue weighted by atomic mass is 10.00. The predicted octanol–water partition coefficient (Wildman–Crippen LogP) is 3.48. The Hall–Kier alpha value is -1.67. The molecule has 16 heavy (non-hydrogen) atoms. The molecule has 0 bridgehead atoms. The maximum atomic E-state index is 6.20. The van der Waals surface area contributed by atoms with Gasteiger partial charge in [-0.2, -0.15) is 0 Å². The first-order valence-electron chi connectivity index (χ1n) is 4.99. The fourth-order valence-electron chi connectivity index (χ4n) is 1.79. The van der Waals surface area contributed by atoms with E-state index >= 15 is 0 Å². The van der Waals surface area contributed by atoms with Crippen LogP contribution in [0.3, 0.4) is 0 Å². The molecule has 0 fully saturated rings. The van der Waals surface area contributed by atoms with Gasteiger partial charge < -0.3 is 11.5 Å². The molecule has 0 atom stereocenters. The summed E-state index contributed by atoms with van der Waals surface area (Å²) in [5.41, 5.74) is 15.9. The average Bonchev–Trinajstić information content (AvgIpc) is 2.19. The second-order valence-corrected chi connectivity index (χ2v) is 4.22. The molecule has 2 nitrogen and oxygen atoms in total. The van der Waals surface area contributed by atoms with Crippen LogP contribution in [0.25, 0.3) is 11.1 Å². The summed E-state index contributed by atoms with van der Waals surface area (Å²) in [4.78, 5) is 0. The molecule has 3 heteroatoms. The molecular formula is C13H13ClN2. The van der Waals surface area contributed by atoms with Crippen LogP contribution in [0, 0.1) is 6.92 Å². The highest BCUT2D eigenvalue weighted by atomic mass is 35.5. The molecular weight excluding hydrogens is 220 g/mol. The maximum Gasteiger partial charge on any atom is 0.0507 e. The molecule has 0 aliphatic rings. The van der Waals surface area contributed by atoms with Gasteiger partial charge in [0.05, 0.1) is 5.02 Å². The molecule has 0 aliphatic carbocycles. The smallest absolute Gasteiger partial charge is 0.0507 e. The van der Waals surface area contributed by atoms with Gasteiger partial charge >= 0.3 is 0 Å². The number of anilines is 2. The molecule has 0 saturated heterocycles. The first kappa shape index (κ1) is 10.8. The van der Waals surface area contributed by atoms with Crippen molar-refractivity contribution in [3.8, 4) is 11.1 Å². The number of aryl methyl sites for hydroxylation is 1. The zero-order chi connectivity index (χ0) is 11.7. The van der Waals surface area contributed by atoms with Gasteiger partial charge in [-0.15, -0.1) is 0 Å². The number of halogens is 1. The van der Waals surface area contributed by atoms with E-state index in [2.05, 4.69) is 0 Å². The third kappa shape index (κ3) is 1.97. The number of benzene rings is 2. The minimum atomic E-state index is 0.669. The van der Waals surface area contributed by atoms with Gasteiger partial charge in [-0.1, -0.05) is 23.7 Å². The lowest BCUT2D eigenvalue weighted by Gasteiger charge is -2.10. The van der Waals surface area contributed by atoms with Crippen molar-refractivity contribution in [1.29, 1.82) is 0 Å². The highest BCUT2D eigenvalue weighted by molar-refractivity contribution is 6.33. The van der Waals surface area contributed by atoms with Gasteiger partial charge in [0.15, 0.2) is 0 Å². The molecule has 4 N–H and O–H groups in total. The van der Waals surface area contributed by atoms with Crippen molar-refractivity contribution in [3.05, 3.63) is 47.0 Å². The van der Waals surface area contributed by atoms with E-state index in [0.29, 0.717) is 10.7 Å². The molecule has 0 unspecified atom stereocenters. The Morgan fingerprint density at radius 2 is 1.56 bits per heavy atom. The van der Waals surface area contributed by atoms with Crippen molar-refractivity contribution in [2.45, 2.75) is 6.92 Å². The first-order valence-corrected chi connectivity index (χ1v) is 5.37. The van der Waals surface area contributed by atoms with Crippen molar-refractivity contribution in [1.82, 2.24) is 0 Å². The molecule has 0 heterocycles. The second-order valence-electron chi connectivity index (χ2n) is 3.82. The maximum absolute atomic E-state index is 6.20. The Bertz CT molecular complexity index is 495. The van der Waals surface area contributed by atoms with Crippen LogP contribution in [0.1, 0.15) is 5.56 Å². The quantitative estimate of drug-likeness (QED) is 0.740. The highest BCUT2D eigenvalue weighted by Crippen LogP contribution is 2.33. The Labute approximate surface area is 99.8 Å². The molecule has 0 aliphatic heterocycles.